The third-order valence-electron chi connectivity index (χ3n) is 6.42. The highest BCUT2D eigenvalue weighted by molar-refractivity contribution is 6.16. The zero-order valence-electron chi connectivity index (χ0n) is 20.6. The number of nitrogens with zero attached hydrogens (tertiary/aromatic N) is 2. The number of carbonyl (C=O) groups is 2. The number of ketones is 1. The van der Waals surface area contributed by atoms with Crippen LogP contribution in [0.1, 0.15) is 35.5 Å². The van der Waals surface area contributed by atoms with Crippen molar-refractivity contribution in [3.8, 4) is 11.5 Å². The Morgan fingerprint density at radius 1 is 1.22 bits per heavy atom. The van der Waals surface area contributed by atoms with Gasteiger partial charge in [-0.25, -0.2) is 4.57 Å². The van der Waals surface area contributed by atoms with Crippen LogP contribution in [0.15, 0.2) is 83.0 Å². The molecule has 0 bridgehead atoms. The highest BCUT2D eigenvalue weighted by Gasteiger charge is 2.44. The van der Waals surface area contributed by atoms with Crippen molar-refractivity contribution < 1.29 is 33.2 Å². The van der Waals surface area contributed by atoms with E-state index in [1.807, 2.05) is 42.3 Å². The fourth-order valence-corrected chi connectivity index (χ4v) is 4.70. The Labute approximate surface area is 213 Å². The summed E-state index contributed by atoms with van der Waals surface area (Å²) >= 11 is 0. The lowest BCUT2D eigenvalue weighted by Crippen LogP contribution is -2.36. The van der Waals surface area contributed by atoms with E-state index >= 15 is 0 Å². The van der Waals surface area contributed by atoms with Crippen LogP contribution in [0.5, 0.6) is 11.5 Å². The number of carbonyl (C=O) groups excluding carboxylic acids is 2. The van der Waals surface area contributed by atoms with E-state index in [-0.39, 0.29) is 11.3 Å². The predicted molar refractivity (Wildman–Crippen MR) is 134 cm³/mol. The molecule has 1 atom stereocenters. The first kappa shape index (κ1) is 24.2. The molecule has 1 unspecified atom stereocenters. The molecule has 0 aliphatic carbocycles. The molecule has 4 aromatic rings. The fourth-order valence-electron chi connectivity index (χ4n) is 4.70. The zero-order valence-corrected chi connectivity index (χ0v) is 20.6. The lowest BCUT2D eigenvalue weighted by molar-refractivity contribution is -0.695. The number of fused-ring (bicyclic) bond motifs is 1. The maximum absolute atomic E-state index is 13.8. The SMILES string of the molecule is CCOc1ccc(C2C(C(=O)c3cc4cccc(OC)c4o3)=C(O)C(=O)N2CCC[n+]2cc[nH]c2)cc1. The second kappa shape index (κ2) is 10.2. The van der Waals surface area contributed by atoms with Gasteiger partial charge < -0.3 is 23.9 Å². The number of aliphatic hydroxyl groups excluding tert-OH is 1. The number of furan rings is 1. The van der Waals surface area contributed by atoms with E-state index in [1.165, 1.54) is 12.0 Å². The number of aryl methyl sites for hydroxylation is 1. The number of Topliss-reactive ketones (excluding diaryl/α,β-unsaturated/α-hetero) is 1. The second-order valence-electron chi connectivity index (χ2n) is 8.69. The average molecular weight is 503 g/mol. The van der Waals surface area contributed by atoms with Gasteiger partial charge in [0.15, 0.2) is 22.9 Å². The predicted octanol–water partition coefficient (Wildman–Crippen LogP) is 4.12. The number of hydrogen-bond donors (Lipinski definition) is 2. The van der Waals surface area contributed by atoms with E-state index in [4.69, 9.17) is 13.9 Å². The quantitative estimate of drug-likeness (QED) is 0.249. The molecule has 0 saturated heterocycles. The number of aromatic nitrogens is 2. The highest BCUT2D eigenvalue weighted by Crippen LogP contribution is 2.40. The summed E-state index contributed by atoms with van der Waals surface area (Å²) in [5.41, 5.74) is 1.10. The molecule has 2 aromatic carbocycles. The van der Waals surface area contributed by atoms with Crippen LogP contribution in [0, 0.1) is 0 Å². The van der Waals surface area contributed by atoms with Crippen molar-refractivity contribution in [1.82, 2.24) is 9.88 Å². The van der Waals surface area contributed by atoms with Gasteiger partial charge in [-0.15, -0.1) is 0 Å². The topological polar surface area (TPSA) is 109 Å². The van der Waals surface area contributed by atoms with Crippen molar-refractivity contribution in [3.05, 3.63) is 89.9 Å². The Hall–Kier alpha value is -4.53. The summed E-state index contributed by atoms with van der Waals surface area (Å²) in [4.78, 5) is 31.5. The largest absolute Gasteiger partial charge is 0.503 e. The summed E-state index contributed by atoms with van der Waals surface area (Å²) in [5, 5.41) is 11.6. The number of hydrogen-bond acceptors (Lipinski definition) is 6. The number of amides is 1. The van der Waals surface area contributed by atoms with Crippen LogP contribution in [0.4, 0.5) is 0 Å². The number of para-hydroxylation sites is 1. The van der Waals surface area contributed by atoms with Gasteiger partial charge in [0.25, 0.3) is 5.91 Å². The van der Waals surface area contributed by atoms with E-state index in [0.29, 0.717) is 54.1 Å². The normalized spacial score (nSPS) is 15.6. The van der Waals surface area contributed by atoms with Crippen molar-refractivity contribution in [2.45, 2.75) is 25.9 Å². The molecular formula is C28H28N3O6+. The van der Waals surface area contributed by atoms with E-state index in [0.717, 1.165) is 0 Å². The summed E-state index contributed by atoms with van der Waals surface area (Å²) in [6, 6.07) is 13.4. The first-order chi connectivity index (χ1) is 18.0. The Morgan fingerprint density at radius 2 is 2.03 bits per heavy atom. The number of aromatic amines is 1. The summed E-state index contributed by atoms with van der Waals surface area (Å²) in [7, 11) is 1.52. The van der Waals surface area contributed by atoms with Crippen LogP contribution in [0.3, 0.4) is 0 Å². The Balaban J connectivity index is 1.51. The Bertz CT molecular complexity index is 1450. The molecule has 0 radical (unpaired) electrons. The summed E-state index contributed by atoms with van der Waals surface area (Å²) in [6.07, 6.45) is 6.17. The van der Waals surface area contributed by atoms with Crippen LogP contribution in [-0.2, 0) is 11.3 Å². The van der Waals surface area contributed by atoms with Gasteiger partial charge in [0.1, 0.15) is 18.1 Å². The first-order valence-corrected chi connectivity index (χ1v) is 12.1. The minimum absolute atomic E-state index is 0.0125. The molecule has 37 heavy (non-hydrogen) atoms. The molecule has 3 heterocycles. The molecular weight excluding hydrogens is 474 g/mol. The van der Waals surface area contributed by atoms with Crippen molar-refractivity contribution in [3.63, 3.8) is 0 Å². The Kier molecular flexibility index (Phi) is 6.68. The third kappa shape index (κ3) is 4.55. The van der Waals surface area contributed by atoms with Gasteiger partial charge in [-0.1, -0.05) is 24.3 Å². The van der Waals surface area contributed by atoms with Crippen molar-refractivity contribution in [2.75, 3.05) is 20.3 Å². The molecule has 5 rings (SSSR count). The number of rotatable bonds is 10. The van der Waals surface area contributed by atoms with Crippen LogP contribution in [0.25, 0.3) is 11.0 Å². The average Bonchev–Trinajstić information content (AvgIpc) is 3.64. The third-order valence-corrected chi connectivity index (χ3v) is 6.42. The van der Waals surface area contributed by atoms with Crippen molar-refractivity contribution in [2.24, 2.45) is 0 Å². The van der Waals surface area contributed by atoms with Crippen LogP contribution >= 0.6 is 0 Å². The van der Waals surface area contributed by atoms with E-state index in [2.05, 4.69) is 4.98 Å². The molecule has 2 N–H and O–H groups in total. The summed E-state index contributed by atoms with van der Waals surface area (Å²) in [5.74, 6) is -0.513. The van der Waals surface area contributed by atoms with Gasteiger partial charge >= 0.3 is 0 Å². The van der Waals surface area contributed by atoms with Crippen molar-refractivity contribution >= 4 is 22.7 Å². The van der Waals surface area contributed by atoms with Crippen LogP contribution in [-0.4, -0.2) is 46.9 Å². The van der Waals surface area contributed by atoms with Crippen molar-refractivity contribution in [1.29, 1.82) is 0 Å². The summed E-state index contributed by atoms with van der Waals surface area (Å²) < 4.78 is 18.7. The maximum Gasteiger partial charge on any atom is 0.290 e. The van der Waals surface area contributed by atoms with Crippen LogP contribution < -0.4 is 14.0 Å². The monoisotopic (exact) mass is 502 g/mol. The smallest absolute Gasteiger partial charge is 0.290 e. The highest BCUT2D eigenvalue weighted by atomic mass is 16.5. The number of aliphatic hydroxyl groups is 1. The van der Waals surface area contributed by atoms with E-state index in [9.17, 15) is 14.7 Å². The molecule has 0 saturated carbocycles. The fraction of sp³-hybridized carbons (Fsp3) is 0.250. The van der Waals surface area contributed by atoms with E-state index < -0.39 is 23.5 Å². The van der Waals surface area contributed by atoms with E-state index in [1.54, 1.807) is 36.4 Å². The lowest BCUT2D eigenvalue weighted by Gasteiger charge is -2.26. The molecule has 9 nitrogen and oxygen atoms in total. The number of ether oxygens (including phenoxy) is 2. The first-order valence-electron chi connectivity index (χ1n) is 12.1. The van der Waals surface area contributed by atoms with Gasteiger partial charge in [0.2, 0.25) is 12.1 Å². The van der Waals surface area contributed by atoms with Gasteiger partial charge in [-0.05, 0) is 36.8 Å². The van der Waals surface area contributed by atoms with Gasteiger partial charge in [-0.3, -0.25) is 14.6 Å². The van der Waals surface area contributed by atoms with Gasteiger partial charge in [0.05, 0.1) is 31.9 Å². The standard InChI is InChI=1S/C28H27N3O6/c1-3-36-20-10-8-18(9-11-20)24-23(25(32)22-16-19-6-4-7-21(35-2)27(19)37-22)26(33)28(34)31(24)14-5-13-30-15-12-29-17-30/h4,6-12,15-17,24H,3,5,13-14H2,1-2H3,(H,32,33)/p+1. The lowest BCUT2D eigenvalue weighted by atomic mass is 9.95. The zero-order chi connectivity index (χ0) is 25.9. The Morgan fingerprint density at radius 3 is 2.73 bits per heavy atom. The molecule has 1 aliphatic heterocycles. The van der Waals surface area contributed by atoms with Crippen LogP contribution in [0.2, 0.25) is 0 Å². The molecule has 1 aliphatic rings. The molecule has 0 fully saturated rings. The molecule has 2 aromatic heterocycles. The molecule has 0 spiro atoms. The minimum Gasteiger partial charge on any atom is -0.503 e. The maximum atomic E-state index is 13.8. The minimum atomic E-state index is -0.776. The molecule has 190 valence electrons. The second-order valence-corrected chi connectivity index (χ2v) is 8.69. The molecule has 9 heteroatoms. The number of imidazole rings is 1. The number of methoxy groups -OCH3 is 1. The number of benzene rings is 2. The molecule has 1 amide bonds. The number of nitrogens with one attached hydrogen (secondary N) is 1. The van der Waals surface area contributed by atoms with Gasteiger partial charge in [-0.2, -0.15) is 0 Å². The van der Waals surface area contributed by atoms with Gasteiger partial charge in [0, 0.05) is 18.4 Å². The summed E-state index contributed by atoms with van der Waals surface area (Å²) in [6.45, 7) is 3.41. The number of H-pyrrole nitrogens is 1.